The van der Waals surface area contributed by atoms with Crippen molar-refractivity contribution in [3.63, 3.8) is 0 Å². The summed E-state index contributed by atoms with van der Waals surface area (Å²) in [5.41, 5.74) is 0. The van der Waals surface area contributed by atoms with Gasteiger partial charge in [0.05, 0.1) is 6.10 Å². The highest BCUT2D eigenvalue weighted by Gasteiger charge is 2.22. The molecule has 0 bridgehead atoms. The van der Waals surface area contributed by atoms with Crippen LogP contribution in [-0.2, 0) is 4.79 Å². The molecule has 0 aliphatic rings. The topological polar surface area (TPSA) is 46.5 Å². The Balaban J connectivity index is 2.68. The van der Waals surface area contributed by atoms with E-state index in [-0.39, 0.29) is 12.0 Å². The van der Waals surface area contributed by atoms with Crippen LogP contribution in [0.4, 0.5) is 0 Å². The molecule has 0 heterocycles. The average Bonchev–Trinajstić information content (AvgIpc) is 2.36. The van der Waals surface area contributed by atoms with Gasteiger partial charge in [-0.3, -0.25) is 4.79 Å². The van der Waals surface area contributed by atoms with Gasteiger partial charge in [-0.25, -0.2) is 0 Å². The molecule has 0 saturated carbocycles. The highest BCUT2D eigenvalue weighted by molar-refractivity contribution is 8.00. The van der Waals surface area contributed by atoms with E-state index in [9.17, 15) is 4.79 Å². The Bertz CT molecular complexity index is 400. The second kappa shape index (κ2) is 7.43. The van der Waals surface area contributed by atoms with E-state index in [1.54, 1.807) is 0 Å². The number of hydrogen-bond donors (Lipinski definition) is 1. The lowest BCUT2D eigenvalue weighted by Crippen LogP contribution is -2.22. The summed E-state index contributed by atoms with van der Waals surface area (Å²) in [6.07, 6.45) is 1.16. The predicted molar refractivity (Wildman–Crippen MR) is 78.9 cm³/mol. The van der Waals surface area contributed by atoms with Crippen LogP contribution < -0.4 is 4.74 Å². The lowest BCUT2D eigenvalue weighted by molar-refractivity contribution is -0.137. The molecule has 1 aromatic carbocycles. The Hall–Kier alpha value is -1.16. The second-order valence-electron chi connectivity index (χ2n) is 4.93. The highest BCUT2D eigenvalue weighted by atomic mass is 32.2. The van der Waals surface area contributed by atoms with Gasteiger partial charge in [-0.2, -0.15) is 0 Å². The molecule has 3 nitrogen and oxygen atoms in total. The fourth-order valence-electron chi connectivity index (χ4n) is 1.53. The molecule has 0 aromatic heterocycles. The maximum Gasteiger partial charge on any atom is 0.317 e. The Kier molecular flexibility index (Phi) is 6.22. The molecule has 1 N–H and O–H groups in total. The van der Waals surface area contributed by atoms with Gasteiger partial charge in [0, 0.05) is 4.90 Å². The number of ether oxygens (including phenoxy) is 1. The summed E-state index contributed by atoms with van der Waals surface area (Å²) in [4.78, 5) is 12.1. The molecule has 1 aromatic rings. The first kappa shape index (κ1) is 15.9. The van der Waals surface area contributed by atoms with Crippen molar-refractivity contribution in [1.82, 2.24) is 0 Å². The first-order chi connectivity index (χ1) is 8.93. The third kappa shape index (κ3) is 5.15. The Labute approximate surface area is 119 Å². The van der Waals surface area contributed by atoms with Gasteiger partial charge in [-0.15, -0.1) is 11.8 Å². The standard InChI is InChI=1S/C15H22O3S/c1-5-11(4)18-12-6-8-13(9-7-12)19-14(10(2)3)15(16)17/h6-11,14H,5H2,1-4H3,(H,16,17). The van der Waals surface area contributed by atoms with Crippen molar-refractivity contribution in [3.05, 3.63) is 24.3 Å². The maximum absolute atomic E-state index is 11.2. The van der Waals surface area contributed by atoms with Crippen molar-refractivity contribution >= 4 is 17.7 Å². The minimum atomic E-state index is -0.764. The van der Waals surface area contributed by atoms with Crippen LogP contribution in [0.2, 0.25) is 0 Å². The monoisotopic (exact) mass is 282 g/mol. The Morgan fingerprint density at radius 3 is 2.26 bits per heavy atom. The summed E-state index contributed by atoms with van der Waals surface area (Å²) in [7, 11) is 0. The molecule has 106 valence electrons. The van der Waals surface area contributed by atoms with Crippen molar-refractivity contribution in [3.8, 4) is 5.75 Å². The largest absolute Gasteiger partial charge is 0.491 e. The zero-order valence-electron chi connectivity index (χ0n) is 11.9. The molecular weight excluding hydrogens is 260 g/mol. The van der Waals surface area contributed by atoms with Crippen LogP contribution in [0.3, 0.4) is 0 Å². The molecule has 0 saturated heterocycles. The van der Waals surface area contributed by atoms with E-state index in [2.05, 4.69) is 6.92 Å². The summed E-state index contributed by atoms with van der Waals surface area (Å²) in [6.45, 7) is 7.95. The average molecular weight is 282 g/mol. The lowest BCUT2D eigenvalue weighted by atomic mass is 10.1. The molecule has 2 unspecified atom stereocenters. The predicted octanol–water partition coefficient (Wildman–Crippen LogP) is 4.07. The molecule has 0 radical (unpaired) electrons. The fraction of sp³-hybridized carbons (Fsp3) is 0.533. The number of rotatable bonds is 7. The quantitative estimate of drug-likeness (QED) is 0.766. The van der Waals surface area contributed by atoms with Gasteiger partial charge in [-0.1, -0.05) is 20.8 Å². The number of carboxylic acids is 1. The Morgan fingerprint density at radius 2 is 1.84 bits per heavy atom. The molecule has 0 spiro atoms. The van der Waals surface area contributed by atoms with E-state index in [0.29, 0.717) is 0 Å². The number of carboxylic acid groups (broad SMARTS) is 1. The van der Waals surface area contributed by atoms with Crippen molar-refractivity contribution in [1.29, 1.82) is 0 Å². The van der Waals surface area contributed by atoms with Gasteiger partial charge in [0.2, 0.25) is 0 Å². The summed E-state index contributed by atoms with van der Waals surface area (Å²) in [6, 6.07) is 7.63. The molecule has 4 heteroatoms. The molecule has 0 amide bonds. The van der Waals surface area contributed by atoms with E-state index >= 15 is 0 Å². The molecule has 0 aliphatic heterocycles. The highest BCUT2D eigenvalue weighted by Crippen LogP contribution is 2.29. The first-order valence-corrected chi connectivity index (χ1v) is 7.48. The van der Waals surface area contributed by atoms with Crippen molar-refractivity contribution in [2.75, 3.05) is 0 Å². The summed E-state index contributed by atoms with van der Waals surface area (Å²) in [5, 5.41) is 8.75. The van der Waals surface area contributed by atoms with Gasteiger partial charge in [-0.05, 0) is 43.5 Å². The fourth-order valence-corrected chi connectivity index (χ4v) is 2.49. The summed E-state index contributed by atoms with van der Waals surface area (Å²) in [5.74, 6) is 0.161. The molecule has 0 fully saturated rings. The van der Waals surface area contributed by atoms with Gasteiger partial charge >= 0.3 is 5.97 Å². The van der Waals surface area contributed by atoms with Crippen LogP contribution in [0.1, 0.15) is 34.1 Å². The third-order valence-corrected chi connectivity index (χ3v) is 4.39. The van der Waals surface area contributed by atoms with E-state index in [4.69, 9.17) is 9.84 Å². The number of thioether (sulfide) groups is 1. The van der Waals surface area contributed by atoms with Gasteiger partial charge in [0.25, 0.3) is 0 Å². The van der Waals surface area contributed by atoms with E-state index in [1.165, 1.54) is 11.8 Å². The van der Waals surface area contributed by atoms with Crippen LogP contribution in [0, 0.1) is 5.92 Å². The van der Waals surface area contributed by atoms with Gasteiger partial charge in [0.15, 0.2) is 0 Å². The van der Waals surface area contributed by atoms with E-state index < -0.39 is 11.2 Å². The smallest absolute Gasteiger partial charge is 0.317 e. The second-order valence-corrected chi connectivity index (χ2v) is 6.14. The van der Waals surface area contributed by atoms with Crippen molar-refractivity contribution < 1.29 is 14.6 Å². The van der Waals surface area contributed by atoms with Gasteiger partial charge in [0.1, 0.15) is 11.0 Å². The molecule has 2 atom stereocenters. The lowest BCUT2D eigenvalue weighted by Gasteiger charge is -2.16. The zero-order valence-corrected chi connectivity index (χ0v) is 12.7. The minimum Gasteiger partial charge on any atom is -0.491 e. The molecule has 1 rings (SSSR count). The summed E-state index contributed by atoms with van der Waals surface area (Å²) >= 11 is 1.38. The molecule has 0 aliphatic carbocycles. The zero-order chi connectivity index (χ0) is 14.4. The summed E-state index contributed by atoms with van der Waals surface area (Å²) < 4.78 is 5.69. The van der Waals surface area contributed by atoms with E-state index in [1.807, 2.05) is 45.0 Å². The first-order valence-electron chi connectivity index (χ1n) is 6.60. The minimum absolute atomic E-state index is 0.0959. The molecular formula is C15H22O3S. The van der Waals surface area contributed by atoms with E-state index in [0.717, 1.165) is 17.1 Å². The molecule has 19 heavy (non-hydrogen) atoms. The van der Waals surface area contributed by atoms with Crippen LogP contribution in [-0.4, -0.2) is 22.4 Å². The normalized spacial score (nSPS) is 14.2. The third-order valence-electron chi connectivity index (χ3n) is 2.85. The Morgan fingerprint density at radius 1 is 1.26 bits per heavy atom. The SMILES string of the molecule is CCC(C)Oc1ccc(SC(C(=O)O)C(C)C)cc1. The van der Waals surface area contributed by atoms with Crippen molar-refractivity contribution in [2.24, 2.45) is 5.92 Å². The van der Waals surface area contributed by atoms with Crippen molar-refractivity contribution in [2.45, 2.75) is 50.4 Å². The maximum atomic E-state index is 11.2. The van der Waals surface area contributed by atoms with Crippen LogP contribution in [0.5, 0.6) is 5.75 Å². The van der Waals surface area contributed by atoms with Crippen LogP contribution in [0.15, 0.2) is 29.2 Å². The van der Waals surface area contributed by atoms with Crippen LogP contribution >= 0.6 is 11.8 Å². The van der Waals surface area contributed by atoms with Gasteiger partial charge < -0.3 is 9.84 Å². The van der Waals surface area contributed by atoms with Crippen LogP contribution in [0.25, 0.3) is 0 Å². The number of hydrogen-bond acceptors (Lipinski definition) is 3. The number of carbonyl (C=O) groups is 1. The number of benzene rings is 1. The number of aliphatic carboxylic acids is 1.